The molecule has 2 fully saturated rings. The zero-order valence-electron chi connectivity index (χ0n) is 62.6. The molecular formula is C72H98N12O27. The number of phenols is 2. The number of rotatable bonds is 40. The Labute approximate surface area is 637 Å². The van der Waals surface area contributed by atoms with Gasteiger partial charge in [0.05, 0.1) is 114 Å². The summed E-state index contributed by atoms with van der Waals surface area (Å²) < 4.78 is 33.6. The number of hydrogen-bond acceptors (Lipinski definition) is 27. The Hall–Kier alpha value is -10.4. The van der Waals surface area contributed by atoms with Crippen LogP contribution >= 0.6 is 0 Å². The molecule has 3 aliphatic heterocycles. The van der Waals surface area contributed by atoms with Crippen LogP contribution in [0.25, 0.3) is 0 Å². The number of phenolic OH excluding ortho intramolecular Hbond substituents is 2. The lowest BCUT2D eigenvalue weighted by molar-refractivity contribution is -0.249. The van der Waals surface area contributed by atoms with Crippen LogP contribution in [-0.2, 0) is 92.4 Å². The molecule has 0 radical (unpaired) electrons. The van der Waals surface area contributed by atoms with Crippen molar-refractivity contribution in [2.45, 2.75) is 172 Å². The highest BCUT2D eigenvalue weighted by Gasteiger charge is 2.51. The zero-order valence-corrected chi connectivity index (χ0v) is 62.6. The first-order chi connectivity index (χ1) is 52.6. The first-order valence-corrected chi connectivity index (χ1v) is 36.3. The maximum atomic E-state index is 14.2. The van der Waals surface area contributed by atoms with E-state index < -0.39 is 248 Å². The largest absolute Gasteiger partial charge is 0.507 e. The van der Waals surface area contributed by atoms with Crippen LogP contribution in [0.4, 0.5) is 4.79 Å². The van der Waals surface area contributed by atoms with E-state index in [0.717, 1.165) is 4.90 Å². The summed E-state index contributed by atoms with van der Waals surface area (Å²) in [6.07, 6.45) is -5.49. The molecule has 0 aromatic heterocycles. The summed E-state index contributed by atoms with van der Waals surface area (Å²) in [7, 11) is 1.25. The lowest BCUT2D eigenvalue weighted by Gasteiger charge is -2.43. The number of urea groups is 1. The van der Waals surface area contributed by atoms with Crippen molar-refractivity contribution in [3.63, 3.8) is 0 Å². The normalized spacial score (nSPS) is 21.1. The average molecular weight is 1560 g/mol. The molecule has 14 amide bonds. The Morgan fingerprint density at radius 2 is 1.36 bits per heavy atom. The van der Waals surface area contributed by atoms with E-state index in [1.165, 1.54) is 56.2 Å². The van der Waals surface area contributed by atoms with Crippen LogP contribution in [0.2, 0.25) is 0 Å². The maximum absolute atomic E-state index is 14.2. The minimum Gasteiger partial charge on any atom is -0.507 e. The number of aliphatic hydroxyl groups excluding tert-OH is 2. The summed E-state index contributed by atoms with van der Waals surface area (Å²) in [4.78, 5) is 213. The summed E-state index contributed by atoms with van der Waals surface area (Å²) in [6.45, 7) is 7.35. The highest BCUT2D eigenvalue weighted by atomic mass is 16.7. The van der Waals surface area contributed by atoms with Gasteiger partial charge in [-0.3, -0.25) is 82.1 Å². The zero-order chi connectivity index (χ0) is 81.7. The number of aliphatic hydroxyl groups is 3. The standard InChI is InChI=1S/C72H98N12O27/c1-8-36(4)60(69(102)76-32-51(90)78-43(27-35(2)3)70(103)83-19-10-12-44(83)68(101)75-33-52(91)81-49(88)18-21-107-23-25-109-26-24-108-22-20-84-53(92)16-17-54(84)93)82-66(99)37(5)77-50(89)31-74-67(100)41(14-15-48(73)87)79-71(104)80-42-28-55(110-38(6)61(42)94)111-46-30-72(105,47(86)34-85)29-40-57(46)65(98)59-58(63(40)96)62(95)39-11-9-13-45(106-7)56(39)64(59)97/h9,11,13,16-17,35-38,41-44,46,55,60-61,85,94,96,98,105H,8,10,12,14-15,18-34H2,1-7H3,(H2,73,87)(H,74,100)(H,75,101)(H,76,102)(H,77,89)(H,78,90)(H,82,99)(H2,79,80,104)(H,81,88,91)/t36-,37-,38-,41-,42-,43-,44-,46-,55-,60-,61+,72-/m0/s1. The van der Waals surface area contributed by atoms with Gasteiger partial charge in [0.2, 0.25) is 64.9 Å². The van der Waals surface area contributed by atoms with Crippen LogP contribution in [0.1, 0.15) is 148 Å². The van der Waals surface area contributed by atoms with E-state index >= 15 is 0 Å². The topological polar surface area (TPSA) is 570 Å². The molecule has 39 heteroatoms. The van der Waals surface area contributed by atoms with Crippen molar-refractivity contribution < 1.29 is 131 Å². The molecule has 0 spiro atoms. The van der Waals surface area contributed by atoms with Gasteiger partial charge in [-0.15, -0.1) is 0 Å². The van der Waals surface area contributed by atoms with Crippen LogP contribution in [-0.4, -0.2) is 276 Å². The average Bonchev–Trinajstić information content (AvgIpc) is 1.32. The number of ether oxygens (including phenoxy) is 6. The molecular weight excluding hydrogens is 1460 g/mol. The predicted molar refractivity (Wildman–Crippen MR) is 382 cm³/mol. The van der Waals surface area contributed by atoms with Gasteiger partial charge in [-0.1, -0.05) is 46.2 Å². The van der Waals surface area contributed by atoms with Crippen molar-refractivity contribution in [3.05, 3.63) is 63.7 Å². The quantitative estimate of drug-likeness (QED) is 0.0146. The number of aromatic hydroxyl groups is 2. The van der Waals surface area contributed by atoms with Gasteiger partial charge < -0.3 is 107 Å². The van der Waals surface area contributed by atoms with Crippen molar-refractivity contribution >= 4 is 94.3 Å². The van der Waals surface area contributed by atoms with E-state index in [1.807, 2.05) is 0 Å². The highest BCUT2D eigenvalue weighted by Crippen LogP contribution is 2.53. The number of hydrogen-bond donors (Lipinski definition) is 15. The number of fused-ring (bicyclic) bond motifs is 3. The first-order valence-electron chi connectivity index (χ1n) is 36.3. The number of imide groups is 2. The van der Waals surface area contributed by atoms with Crippen LogP contribution in [0, 0.1) is 11.8 Å². The van der Waals surface area contributed by atoms with Crippen LogP contribution in [0.5, 0.6) is 17.2 Å². The number of nitrogens with one attached hydrogen (secondary N) is 9. The second kappa shape index (κ2) is 40.5. The monoisotopic (exact) mass is 1560 g/mol. The molecule has 5 aliphatic rings. The molecule has 111 heavy (non-hydrogen) atoms. The van der Waals surface area contributed by atoms with Gasteiger partial charge in [0.25, 0.3) is 11.8 Å². The summed E-state index contributed by atoms with van der Waals surface area (Å²) in [5.74, 6) is -14.4. The van der Waals surface area contributed by atoms with Crippen molar-refractivity contribution in [2.24, 2.45) is 17.6 Å². The molecule has 0 bridgehead atoms. The summed E-state index contributed by atoms with van der Waals surface area (Å²) >= 11 is 0. The Morgan fingerprint density at radius 1 is 0.730 bits per heavy atom. The van der Waals surface area contributed by atoms with Crippen molar-refractivity contribution in [1.82, 2.24) is 57.7 Å². The Bertz CT molecular complexity index is 3890. The van der Waals surface area contributed by atoms with Crippen molar-refractivity contribution in [2.75, 3.05) is 86.1 Å². The van der Waals surface area contributed by atoms with Crippen molar-refractivity contribution in [1.29, 1.82) is 0 Å². The molecule has 12 atom stereocenters. The molecule has 2 saturated heterocycles. The first kappa shape index (κ1) is 87.8. The number of amides is 14. The lowest BCUT2D eigenvalue weighted by atomic mass is 9.72. The number of carbonyl (C=O) groups is 16. The number of nitrogens with zero attached hydrogens (tertiary/aromatic N) is 2. The SMILES string of the molecule is CC[C@H](C)[C@H](NC(=O)[C@H](C)NC(=O)CNC(=O)[C@H](CCC(N)=O)NC(=O)N[C@H]1C[C@H](O[C@H]2C[C@](O)(C(=O)CO)Cc3c(O)c4c(c(O)c32)C(=O)c2c(OC)cccc2C4=O)O[C@@H](C)[C@H]1O)C(=O)NCC(=O)N[C@@H](CC(C)C)C(=O)N1CCC[C@H]1C(=O)NCC(=O)NC(=O)CCOCCOCCOCCN1C(=O)C=CC1=O. The number of likely N-dealkylation sites (tertiary alicyclic amines) is 1. The number of nitrogens with two attached hydrogens (primary N) is 1. The summed E-state index contributed by atoms with van der Waals surface area (Å²) in [5, 5.41) is 78.5. The van der Waals surface area contributed by atoms with Crippen LogP contribution in [0.15, 0.2) is 30.4 Å². The third-order valence-electron chi connectivity index (χ3n) is 19.2. The van der Waals surface area contributed by atoms with E-state index in [2.05, 4.69) is 47.9 Å². The van der Waals surface area contributed by atoms with Gasteiger partial charge in [0.1, 0.15) is 65.8 Å². The van der Waals surface area contributed by atoms with E-state index in [-0.39, 0.29) is 106 Å². The molecule has 2 aliphatic carbocycles. The van der Waals surface area contributed by atoms with E-state index in [1.54, 1.807) is 27.7 Å². The predicted octanol–water partition coefficient (Wildman–Crippen LogP) is -4.11. The number of carbonyl (C=O) groups excluding carboxylic acids is 16. The fourth-order valence-corrected chi connectivity index (χ4v) is 13.2. The van der Waals surface area contributed by atoms with Gasteiger partial charge in [-0.25, -0.2) is 4.79 Å². The molecule has 608 valence electrons. The van der Waals surface area contributed by atoms with E-state index in [4.69, 9.17) is 34.2 Å². The summed E-state index contributed by atoms with van der Waals surface area (Å²) in [6, 6.07) is -4.77. The Balaban J connectivity index is 0.856. The smallest absolute Gasteiger partial charge is 0.315 e. The maximum Gasteiger partial charge on any atom is 0.315 e. The number of primary amides is 1. The number of ketones is 3. The third-order valence-corrected chi connectivity index (χ3v) is 19.2. The van der Waals surface area contributed by atoms with Gasteiger partial charge in [-0.2, -0.15) is 0 Å². The van der Waals surface area contributed by atoms with Crippen molar-refractivity contribution in [3.8, 4) is 17.2 Å². The second-order valence-corrected chi connectivity index (χ2v) is 27.8. The molecule has 16 N–H and O–H groups in total. The minimum atomic E-state index is -2.51. The van der Waals surface area contributed by atoms with Gasteiger partial charge in [0.15, 0.2) is 17.9 Å². The molecule has 2 aromatic rings. The molecule has 2 aromatic carbocycles. The molecule has 7 rings (SSSR count). The summed E-state index contributed by atoms with van der Waals surface area (Å²) in [5.41, 5.74) is 0.479. The second-order valence-electron chi connectivity index (χ2n) is 27.8. The highest BCUT2D eigenvalue weighted by molar-refractivity contribution is 6.31. The number of methoxy groups -OCH3 is 1. The van der Waals surface area contributed by atoms with Gasteiger partial charge >= 0.3 is 6.03 Å². The van der Waals surface area contributed by atoms with E-state index in [0.29, 0.717) is 12.8 Å². The van der Waals surface area contributed by atoms with Crippen LogP contribution < -0.4 is 58.3 Å². The Kier molecular flexibility index (Phi) is 32.0. The lowest BCUT2D eigenvalue weighted by Crippen LogP contribution is -2.59. The minimum absolute atomic E-state index is 0.0284. The number of benzene rings is 2. The van der Waals surface area contributed by atoms with E-state index in [9.17, 15) is 102 Å². The molecule has 3 heterocycles. The fraction of sp³-hybridized carbons (Fsp3) is 0.583. The van der Waals surface area contributed by atoms with Gasteiger partial charge in [-0.05, 0) is 57.4 Å². The Morgan fingerprint density at radius 3 is 2.00 bits per heavy atom. The van der Waals surface area contributed by atoms with Gasteiger partial charge in [0, 0.05) is 61.1 Å². The fourth-order valence-electron chi connectivity index (χ4n) is 13.2. The third kappa shape index (κ3) is 23.1. The molecule has 39 nitrogen and oxygen atoms in total. The molecule has 0 saturated carbocycles. The number of Topliss-reactive ketones (excluding diaryl/α,β-unsaturated/α-hetero) is 1. The van der Waals surface area contributed by atoms with Crippen LogP contribution in [0.3, 0.4) is 0 Å². The molecule has 0 unspecified atom stereocenters.